The van der Waals surface area contributed by atoms with Crippen molar-refractivity contribution in [3.63, 3.8) is 0 Å². The topological polar surface area (TPSA) is 91.3 Å². The maximum atomic E-state index is 12.6. The van der Waals surface area contributed by atoms with Gasteiger partial charge in [-0.25, -0.2) is 4.57 Å². The second kappa shape index (κ2) is 36.4. The molecule has 0 saturated heterocycles. The van der Waals surface area contributed by atoms with Gasteiger partial charge in [0.15, 0.2) is 0 Å². The van der Waals surface area contributed by atoms with Crippen LogP contribution in [0.25, 0.3) is 0 Å². The number of phosphoric acid groups is 1. The van der Waals surface area contributed by atoms with Crippen LogP contribution >= 0.6 is 7.82 Å². The minimum Gasteiger partial charge on any atom is -0.457 e. The molecule has 0 rings (SSSR count). The van der Waals surface area contributed by atoms with Gasteiger partial charge in [-0.2, -0.15) is 0 Å². The summed E-state index contributed by atoms with van der Waals surface area (Å²) in [6.45, 7) is 5.21. The van der Waals surface area contributed by atoms with Gasteiger partial charge in [0, 0.05) is 13.0 Å². The summed E-state index contributed by atoms with van der Waals surface area (Å²) in [5.41, 5.74) is 0. The highest BCUT2D eigenvalue weighted by Crippen LogP contribution is 2.43. The van der Waals surface area contributed by atoms with E-state index in [0.29, 0.717) is 24.1 Å². The Morgan fingerprint density at radius 2 is 1.04 bits per heavy atom. The molecule has 0 aromatic rings. The van der Waals surface area contributed by atoms with Crippen LogP contribution in [0.5, 0.6) is 0 Å². The van der Waals surface area contributed by atoms with Crippen LogP contribution < -0.4 is 0 Å². The number of hydrogen-bond acceptors (Lipinski definition) is 6. The highest BCUT2D eigenvalue weighted by molar-refractivity contribution is 7.47. The summed E-state index contributed by atoms with van der Waals surface area (Å²) in [6, 6.07) is 0. The maximum absolute atomic E-state index is 12.6. The molecule has 2 unspecified atom stereocenters. The van der Waals surface area contributed by atoms with Crippen molar-refractivity contribution in [2.75, 3.05) is 54.1 Å². The van der Waals surface area contributed by atoms with Gasteiger partial charge in [0.25, 0.3) is 0 Å². The summed E-state index contributed by atoms with van der Waals surface area (Å²) in [7, 11) is 1.59. The lowest BCUT2D eigenvalue weighted by atomic mass is 10.1. The standard InChI is InChI=1S/C44H74NO7P/c1-6-8-10-12-14-16-18-20-22-23-24-25-27-29-31-33-35-37-44(46)52-43(42-51-53(47,48)50-40-38-45(3,4)5)41-49-39-36-34-32-30-28-26-21-19-17-15-13-11-9-7-2/h8-11,14-17,20-22,24-26,29,31,43H,6-7,12-13,18-19,23,27-28,30,32-42H2,1-5H3/p+1/b10-8-,11-9-,16-14-,17-15-,22-20-,25-24-,26-21-,31-29-. The normalized spacial score (nSPS) is 14.9. The smallest absolute Gasteiger partial charge is 0.457 e. The summed E-state index contributed by atoms with van der Waals surface area (Å²) in [5, 5.41) is 0. The Balaban J connectivity index is 4.46. The molecule has 2 atom stereocenters. The summed E-state index contributed by atoms with van der Waals surface area (Å²) in [6.07, 6.45) is 48.8. The van der Waals surface area contributed by atoms with Crippen molar-refractivity contribution in [2.45, 2.75) is 123 Å². The molecular weight excluding hydrogens is 685 g/mol. The van der Waals surface area contributed by atoms with Gasteiger partial charge in [0.05, 0.1) is 34.4 Å². The number of nitrogens with zero attached hydrogens (tertiary/aromatic N) is 1. The maximum Gasteiger partial charge on any atom is 0.472 e. The van der Waals surface area contributed by atoms with Crippen molar-refractivity contribution in [1.29, 1.82) is 0 Å². The fraction of sp³-hybridized carbons (Fsp3) is 0.614. The highest BCUT2D eigenvalue weighted by atomic mass is 31.2. The van der Waals surface area contributed by atoms with Gasteiger partial charge in [0.1, 0.15) is 19.3 Å². The van der Waals surface area contributed by atoms with E-state index in [0.717, 1.165) is 89.9 Å². The second-order valence-electron chi connectivity index (χ2n) is 13.9. The van der Waals surface area contributed by atoms with Gasteiger partial charge in [-0.3, -0.25) is 13.8 Å². The van der Waals surface area contributed by atoms with Crippen molar-refractivity contribution in [3.05, 3.63) is 97.2 Å². The summed E-state index contributed by atoms with van der Waals surface area (Å²) in [5.74, 6) is -0.384. The van der Waals surface area contributed by atoms with Crippen molar-refractivity contribution in [2.24, 2.45) is 0 Å². The van der Waals surface area contributed by atoms with Gasteiger partial charge in [0.2, 0.25) is 0 Å². The molecule has 0 fully saturated rings. The van der Waals surface area contributed by atoms with Gasteiger partial charge in [-0.05, 0) is 83.5 Å². The number of carbonyl (C=O) groups excluding carboxylic acids is 1. The summed E-state index contributed by atoms with van der Waals surface area (Å²) < 4.78 is 34.8. The van der Waals surface area contributed by atoms with E-state index >= 15 is 0 Å². The predicted octanol–water partition coefficient (Wildman–Crippen LogP) is 11.5. The lowest BCUT2D eigenvalue weighted by molar-refractivity contribution is -0.870. The molecule has 0 saturated carbocycles. The monoisotopic (exact) mass is 761 g/mol. The quantitative estimate of drug-likeness (QED) is 0.0226. The summed E-state index contributed by atoms with van der Waals surface area (Å²) >= 11 is 0. The molecule has 9 heteroatoms. The van der Waals surface area contributed by atoms with Crippen molar-refractivity contribution in [3.8, 4) is 0 Å². The number of esters is 1. The molecule has 1 N–H and O–H groups in total. The molecule has 0 heterocycles. The third-order valence-electron chi connectivity index (χ3n) is 7.64. The lowest BCUT2D eigenvalue weighted by Gasteiger charge is -2.24. The van der Waals surface area contributed by atoms with E-state index in [4.69, 9.17) is 18.5 Å². The van der Waals surface area contributed by atoms with Crippen LogP contribution in [0.1, 0.15) is 117 Å². The molecule has 0 aromatic heterocycles. The Bertz CT molecular complexity index is 1160. The van der Waals surface area contributed by atoms with Gasteiger partial charge >= 0.3 is 13.8 Å². The van der Waals surface area contributed by atoms with Crippen molar-refractivity contribution >= 4 is 13.8 Å². The Morgan fingerprint density at radius 1 is 0.585 bits per heavy atom. The number of phosphoric ester groups is 1. The van der Waals surface area contributed by atoms with Gasteiger partial charge < -0.3 is 18.9 Å². The first-order valence-electron chi connectivity index (χ1n) is 20.0. The van der Waals surface area contributed by atoms with Crippen LogP contribution in [-0.4, -0.2) is 75.6 Å². The minimum absolute atomic E-state index is 0.0673. The SMILES string of the molecule is CC/C=C\C/C=C\C/C=C\C/C=C\C/C=C\CCCC(=O)OC(COCCCCCC/C=C\C/C=C\C/C=C\CC)COP(=O)(O)OCC[N+](C)(C)C. The van der Waals surface area contributed by atoms with Crippen LogP contribution in [0.2, 0.25) is 0 Å². The zero-order valence-corrected chi connectivity index (χ0v) is 34.8. The molecule has 0 amide bonds. The third kappa shape index (κ3) is 40.4. The molecule has 0 spiro atoms. The Morgan fingerprint density at radius 3 is 1.53 bits per heavy atom. The molecular formula is C44H75NO7P+. The number of carbonyl (C=O) groups is 1. The van der Waals surface area contributed by atoms with E-state index in [1.807, 2.05) is 21.1 Å². The Kier molecular flexibility index (Phi) is 34.6. The number of ether oxygens (including phenoxy) is 2. The van der Waals surface area contributed by atoms with Crippen molar-refractivity contribution in [1.82, 2.24) is 0 Å². The van der Waals surface area contributed by atoms with E-state index in [1.165, 1.54) is 0 Å². The lowest BCUT2D eigenvalue weighted by Crippen LogP contribution is -2.37. The van der Waals surface area contributed by atoms with E-state index < -0.39 is 13.9 Å². The average Bonchev–Trinajstić information content (AvgIpc) is 3.11. The number of rotatable bonds is 35. The molecule has 0 aliphatic carbocycles. The Labute approximate surface area is 324 Å². The average molecular weight is 761 g/mol. The number of likely N-dealkylation sites (N-methyl/N-ethyl adjacent to an activating group) is 1. The predicted molar refractivity (Wildman–Crippen MR) is 224 cm³/mol. The zero-order chi connectivity index (χ0) is 39.1. The molecule has 53 heavy (non-hydrogen) atoms. The highest BCUT2D eigenvalue weighted by Gasteiger charge is 2.26. The molecule has 302 valence electrons. The van der Waals surface area contributed by atoms with E-state index in [1.54, 1.807) is 0 Å². The number of hydrogen-bond donors (Lipinski definition) is 1. The summed E-state index contributed by atoms with van der Waals surface area (Å²) in [4.78, 5) is 22.8. The first kappa shape index (κ1) is 50.4. The van der Waals surface area contributed by atoms with Crippen molar-refractivity contribution < 1.29 is 37.3 Å². The zero-order valence-electron chi connectivity index (χ0n) is 34.0. The molecule has 0 aliphatic rings. The fourth-order valence-corrected chi connectivity index (χ4v) is 5.34. The third-order valence-corrected chi connectivity index (χ3v) is 8.63. The van der Waals surface area contributed by atoms with Crippen LogP contribution in [0, 0.1) is 0 Å². The van der Waals surface area contributed by atoms with Crippen LogP contribution in [0.4, 0.5) is 0 Å². The van der Waals surface area contributed by atoms with Crippen LogP contribution in [0.3, 0.4) is 0 Å². The molecule has 0 bridgehead atoms. The van der Waals surface area contributed by atoms with Gasteiger partial charge in [-0.15, -0.1) is 0 Å². The van der Waals surface area contributed by atoms with Crippen LogP contribution in [0.15, 0.2) is 97.2 Å². The van der Waals surface area contributed by atoms with E-state index in [-0.39, 0.29) is 32.2 Å². The van der Waals surface area contributed by atoms with Gasteiger partial charge in [-0.1, -0.05) is 124 Å². The first-order valence-corrected chi connectivity index (χ1v) is 21.5. The molecule has 8 nitrogen and oxygen atoms in total. The minimum atomic E-state index is -4.30. The van der Waals surface area contributed by atoms with E-state index in [2.05, 4.69) is 111 Å². The molecule has 0 aromatic carbocycles. The van der Waals surface area contributed by atoms with E-state index in [9.17, 15) is 14.3 Å². The number of unbranched alkanes of at least 4 members (excludes halogenated alkanes) is 5. The fourth-order valence-electron chi connectivity index (χ4n) is 4.60. The largest absolute Gasteiger partial charge is 0.472 e. The first-order chi connectivity index (χ1) is 25.6. The molecule has 0 aliphatic heterocycles. The molecule has 0 radical (unpaired) electrons. The Hall–Kier alpha value is -2.58. The number of allylic oxidation sites excluding steroid dienone is 16. The number of quaternary nitrogens is 1. The van der Waals surface area contributed by atoms with Crippen LogP contribution in [-0.2, 0) is 27.9 Å². The second-order valence-corrected chi connectivity index (χ2v) is 15.3.